The molecule has 7 heteroatoms. The van der Waals surface area contributed by atoms with Gasteiger partial charge in [0.2, 0.25) is 0 Å². The highest BCUT2D eigenvalue weighted by molar-refractivity contribution is 6.15. The Kier molecular flexibility index (Phi) is 6.11. The number of benzene rings is 1. The predicted octanol–water partition coefficient (Wildman–Crippen LogP) is 4.79. The number of nitrogens with one attached hydrogen (secondary N) is 3. The van der Waals surface area contributed by atoms with Gasteiger partial charge in [-0.05, 0) is 69.7 Å². The van der Waals surface area contributed by atoms with Gasteiger partial charge in [-0.1, -0.05) is 0 Å². The van der Waals surface area contributed by atoms with E-state index in [9.17, 15) is 4.79 Å². The summed E-state index contributed by atoms with van der Waals surface area (Å²) in [4.78, 5) is 22.0. The van der Waals surface area contributed by atoms with Crippen LogP contribution in [0.1, 0.15) is 39.8 Å². The first-order chi connectivity index (χ1) is 14.3. The number of amides is 1. The van der Waals surface area contributed by atoms with Crippen molar-refractivity contribution >= 4 is 28.8 Å². The molecule has 3 N–H and O–H groups in total. The van der Waals surface area contributed by atoms with Crippen molar-refractivity contribution in [1.29, 1.82) is 5.41 Å². The summed E-state index contributed by atoms with van der Waals surface area (Å²) in [7, 11) is 1.61. The Labute approximate surface area is 176 Å². The van der Waals surface area contributed by atoms with Crippen molar-refractivity contribution in [3.8, 4) is 5.75 Å². The second-order valence-corrected chi connectivity index (χ2v) is 7.06. The zero-order valence-corrected chi connectivity index (χ0v) is 17.8. The summed E-state index contributed by atoms with van der Waals surface area (Å²) in [6.07, 6.45) is 1.71. The number of rotatable bonds is 6. The smallest absolute Gasteiger partial charge is 0.256 e. The van der Waals surface area contributed by atoms with E-state index in [0.717, 1.165) is 22.7 Å². The third-order valence-electron chi connectivity index (χ3n) is 4.71. The fraction of sp³-hybridized carbons (Fsp3) is 0.217. The van der Waals surface area contributed by atoms with Crippen molar-refractivity contribution in [2.24, 2.45) is 0 Å². The molecule has 7 nitrogen and oxygen atoms in total. The van der Waals surface area contributed by atoms with Gasteiger partial charge in [0.25, 0.3) is 5.91 Å². The normalized spacial score (nSPS) is 10.4. The van der Waals surface area contributed by atoms with Crippen molar-refractivity contribution in [2.45, 2.75) is 27.7 Å². The molecule has 0 aliphatic rings. The van der Waals surface area contributed by atoms with Crippen molar-refractivity contribution in [3.05, 3.63) is 70.7 Å². The van der Waals surface area contributed by atoms with Gasteiger partial charge in [0, 0.05) is 23.3 Å². The Bertz CT molecular complexity index is 1090. The number of carbonyl (C=O) groups is 1. The summed E-state index contributed by atoms with van der Waals surface area (Å²) in [5, 5.41) is 14.5. The molecule has 0 aliphatic heterocycles. The minimum absolute atomic E-state index is 0.239. The minimum atomic E-state index is -0.306. The van der Waals surface area contributed by atoms with E-state index >= 15 is 0 Å². The molecule has 2 aromatic heterocycles. The van der Waals surface area contributed by atoms with Crippen LogP contribution in [-0.4, -0.2) is 28.7 Å². The summed E-state index contributed by atoms with van der Waals surface area (Å²) in [5.74, 6) is 0.889. The van der Waals surface area contributed by atoms with Gasteiger partial charge < -0.3 is 20.8 Å². The molecule has 0 atom stereocenters. The second kappa shape index (κ2) is 8.73. The van der Waals surface area contributed by atoms with Crippen molar-refractivity contribution in [2.75, 3.05) is 17.7 Å². The van der Waals surface area contributed by atoms with Crippen LogP contribution in [-0.2, 0) is 0 Å². The lowest BCUT2D eigenvalue weighted by molar-refractivity contribution is 0.102. The number of carbonyl (C=O) groups excluding carboxylic acids is 1. The van der Waals surface area contributed by atoms with Gasteiger partial charge in [-0.3, -0.25) is 9.78 Å². The topological polar surface area (TPSA) is 100.0 Å². The van der Waals surface area contributed by atoms with E-state index in [-0.39, 0.29) is 11.6 Å². The van der Waals surface area contributed by atoms with Crippen LogP contribution >= 0.6 is 0 Å². The van der Waals surface area contributed by atoms with Crippen molar-refractivity contribution in [3.63, 3.8) is 0 Å². The van der Waals surface area contributed by atoms with E-state index in [1.165, 1.54) is 0 Å². The molecule has 0 fully saturated rings. The first-order valence-electron chi connectivity index (χ1n) is 9.52. The van der Waals surface area contributed by atoms with Crippen LogP contribution < -0.4 is 15.4 Å². The maximum Gasteiger partial charge on any atom is 0.256 e. The molecular formula is C23H25N5O2. The maximum absolute atomic E-state index is 13.2. The predicted molar refractivity (Wildman–Crippen MR) is 119 cm³/mol. The second-order valence-electron chi connectivity index (χ2n) is 7.06. The van der Waals surface area contributed by atoms with Crippen LogP contribution in [0.3, 0.4) is 0 Å². The van der Waals surface area contributed by atoms with Gasteiger partial charge in [-0.25, -0.2) is 4.98 Å². The molecule has 0 spiro atoms. The fourth-order valence-corrected chi connectivity index (χ4v) is 3.20. The number of pyridine rings is 2. The number of ether oxygens (including phenoxy) is 1. The summed E-state index contributed by atoms with van der Waals surface area (Å²) in [6.45, 7) is 7.23. The average molecular weight is 403 g/mol. The summed E-state index contributed by atoms with van der Waals surface area (Å²) in [6, 6.07) is 10.9. The zero-order chi connectivity index (χ0) is 21.8. The highest BCUT2D eigenvalue weighted by Gasteiger charge is 2.20. The number of aryl methyl sites for hydroxylation is 3. The minimum Gasteiger partial charge on any atom is -0.497 e. The lowest BCUT2D eigenvalue weighted by Gasteiger charge is -2.17. The van der Waals surface area contributed by atoms with Gasteiger partial charge in [0.05, 0.1) is 29.6 Å². The quantitative estimate of drug-likeness (QED) is 0.514. The number of methoxy groups -OCH3 is 1. The largest absolute Gasteiger partial charge is 0.497 e. The summed E-state index contributed by atoms with van der Waals surface area (Å²) in [5.41, 5.74) is 4.85. The van der Waals surface area contributed by atoms with Gasteiger partial charge in [-0.15, -0.1) is 0 Å². The van der Waals surface area contributed by atoms with Crippen LogP contribution in [0.15, 0.2) is 42.6 Å². The number of aromatic nitrogens is 2. The van der Waals surface area contributed by atoms with Gasteiger partial charge in [0.1, 0.15) is 11.6 Å². The molecule has 0 saturated heterocycles. The van der Waals surface area contributed by atoms with Crippen LogP contribution in [0, 0.1) is 26.2 Å². The lowest BCUT2D eigenvalue weighted by atomic mass is 10.0. The zero-order valence-electron chi connectivity index (χ0n) is 17.8. The number of anilines is 3. The Morgan fingerprint density at radius 1 is 1.10 bits per heavy atom. The Morgan fingerprint density at radius 2 is 1.80 bits per heavy atom. The number of hydrogen-bond donors (Lipinski definition) is 3. The molecule has 1 aromatic carbocycles. The maximum atomic E-state index is 13.2. The first kappa shape index (κ1) is 21.0. The molecule has 0 saturated carbocycles. The van der Waals surface area contributed by atoms with Crippen LogP contribution in [0.5, 0.6) is 5.75 Å². The standard InChI is InChI=1S/C23H25N5O2/c1-13-10-11-25-16(4)21(13)28-23(29)19-12-14(2)26-22(20(19)15(3)24)27-17-6-8-18(30-5)9-7-17/h6-12,24H,1-5H3,(H,26,27)(H,28,29). The molecule has 2 heterocycles. The molecule has 3 rings (SSSR count). The highest BCUT2D eigenvalue weighted by atomic mass is 16.5. The molecule has 3 aromatic rings. The Balaban J connectivity index is 2.01. The van der Waals surface area contributed by atoms with E-state index in [2.05, 4.69) is 20.6 Å². The molecular weight excluding hydrogens is 378 g/mol. The van der Waals surface area contributed by atoms with Crippen molar-refractivity contribution < 1.29 is 9.53 Å². The Morgan fingerprint density at radius 3 is 2.40 bits per heavy atom. The summed E-state index contributed by atoms with van der Waals surface area (Å²) < 4.78 is 5.19. The molecule has 0 bridgehead atoms. The SMILES string of the molecule is COc1ccc(Nc2nc(C)cc(C(=O)Nc3c(C)ccnc3C)c2C(C)=N)cc1. The lowest BCUT2D eigenvalue weighted by Crippen LogP contribution is -2.19. The van der Waals surface area contributed by atoms with E-state index in [1.807, 2.05) is 51.1 Å². The first-order valence-corrected chi connectivity index (χ1v) is 9.52. The van der Waals surface area contributed by atoms with E-state index in [1.54, 1.807) is 26.3 Å². The molecule has 0 radical (unpaired) electrons. The van der Waals surface area contributed by atoms with E-state index in [0.29, 0.717) is 28.3 Å². The molecule has 1 amide bonds. The van der Waals surface area contributed by atoms with Crippen LogP contribution in [0.25, 0.3) is 0 Å². The highest BCUT2D eigenvalue weighted by Crippen LogP contribution is 2.27. The van der Waals surface area contributed by atoms with Gasteiger partial charge >= 0.3 is 0 Å². The summed E-state index contributed by atoms with van der Waals surface area (Å²) >= 11 is 0. The van der Waals surface area contributed by atoms with E-state index < -0.39 is 0 Å². The molecule has 0 unspecified atom stereocenters. The fourth-order valence-electron chi connectivity index (χ4n) is 3.20. The average Bonchev–Trinajstić information content (AvgIpc) is 2.70. The van der Waals surface area contributed by atoms with Crippen molar-refractivity contribution in [1.82, 2.24) is 9.97 Å². The number of hydrogen-bond acceptors (Lipinski definition) is 6. The van der Waals surface area contributed by atoms with E-state index in [4.69, 9.17) is 10.1 Å². The number of nitrogens with zero attached hydrogens (tertiary/aromatic N) is 2. The molecule has 0 aliphatic carbocycles. The van der Waals surface area contributed by atoms with Gasteiger partial charge in [0.15, 0.2) is 0 Å². The monoisotopic (exact) mass is 403 g/mol. The van der Waals surface area contributed by atoms with Crippen LogP contribution in [0.2, 0.25) is 0 Å². The Hall–Kier alpha value is -3.74. The third kappa shape index (κ3) is 4.46. The van der Waals surface area contributed by atoms with Gasteiger partial charge in [-0.2, -0.15) is 0 Å². The third-order valence-corrected chi connectivity index (χ3v) is 4.71. The molecule has 154 valence electrons. The molecule has 30 heavy (non-hydrogen) atoms. The van der Waals surface area contributed by atoms with Crippen LogP contribution in [0.4, 0.5) is 17.2 Å².